The van der Waals surface area contributed by atoms with Crippen molar-refractivity contribution in [2.75, 3.05) is 6.61 Å². The molecular formula is C42H70O6Si4. The van der Waals surface area contributed by atoms with Crippen LogP contribution in [-0.2, 0) is 9.53 Å². The largest absolute Gasteiger partial charge is 0.541 e. The molecule has 2 aromatic carbocycles. The van der Waals surface area contributed by atoms with Crippen molar-refractivity contribution in [3.05, 3.63) is 53.6 Å². The lowest BCUT2D eigenvalue weighted by Gasteiger charge is -2.39. The van der Waals surface area contributed by atoms with Crippen LogP contribution in [0.15, 0.2) is 42.5 Å². The van der Waals surface area contributed by atoms with Gasteiger partial charge in [0.2, 0.25) is 0 Å². The molecule has 0 aliphatic heterocycles. The van der Waals surface area contributed by atoms with Crippen molar-refractivity contribution in [2.45, 2.75) is 156 Å². The van der Waals surface area contributed by atoms with E-state index in [4.69, 9.17) is 22.4 Å². The summed E-state index contributed by atoms with van der Waals surface area (Å²) in [7, 11) is -8.55. The number of carbonyl (C=O) groups is 1. The Hall–Kier alpha value is -2.72. The smallest absolute Gasteiger partial charge is 0.385 e. The van der Waals surface area contributed by atoms with Crippen molar-refractivity contribution in [3.8, 4) is 34.8 Å². The maximum atomic E-state index is 12.7. The van der Waals surface area contributed by atoms with E-state index in [1.165, 1.54) is 0 Å². The van der Waals surface area contributed by atoms with E-state index in [9.17, 15) is 4.79 Å². The van der Waals surface area contributed by atoms with Gasteiger partial charge in [-0.1, -0.05) is 101 Å². The highest BCUT2D eigenvalue weighted by molar-refractivity contribution is 6.76. The molecule has 0 fully saturated rings. The van der Waals surface area contributed by atoms with Gasteiger partial charge in [-0.25, -0.2) is 4.79 Å². The summed E-state index contributed by atoms with van der Waals surface area (Å²) in [5, 5.41) is 0.111. The first kappa shape index (κ1) is 45.4. The van der Waals surface area contributed by atoms with Gasteiger partial charge in [-0.15, -0.1) is 0 Å². The van der Waals surface area contributed by atoms with Gasteiger partial charge >= 0.3 is 5.97 Å². The Labute approximate surface area is 321 Å². The van der Waals surface area contributed by atoms with Crippen molar-refractivity contribution in [3.63, 3.8) is 0 Å². The average molecular weight is 783 g/mol. The number of esters is 1. The number of hydrogen-bond acceptors (Lipinski definition) is 6. The highest BCUT2D eigenvalue weighted by atomic mass is 28.4. The predicted octanol–water partition coefficient (Wildman–Crippen LogP) is 12.8. The molecule has 0 aliphatic rings. The molecule has 0 atom stereocenters. The normalized spacial score (nSPS) is 13.7. The van der Waals surface area contributed by atoms with Gasteiger partial charge in [-0.2, -0.15) is 0 Å². The Morgan fingerprint density at radius 1 is 0.558 bits per heavy atom. The molecule has 2 rings (SSSR count). The van der Waals surface area contributed by atoms with Gasteiger partial charge < -0.3 is 22.4 Å². The summed E-state index contributed by atoms with van der Waals surface area (Å²) in [6, 6.07) is 11.7. The first-order chi connectivity index (χ1) is 23.2. The average Bonchev–Trinajstić information content (AvgIpc) is 2.93. The quantitative estimate of drug-likeness (QED) is 0.128. The van der Waals surface area contributed by atoms with Gasteiger partial charge in [0.05, 0.1) is 0 Å². The Balaban J connectivity index is 2.29. The molecular weight excluding hydrogens is 713 g/mol. The van der Waals surface area contributed by atoms with E-state index in [-0.39, 0.29) is 26.8 Å². The molecule has 52 heavy (non-hydrogen) atoms. The van der Waals surface area contributed by atoms with E-state index < -0.39 is 39.2 Å². The molecule has 0 aromatic heterocycles. The predicted molar refractivity (Wildman–Crippen MR) is 231 cm³/mol. The lowest BCUT2D eigenvalue weighted by Crippen LogP contribution is -2.45. The zero-order chi connectivity index (χ0) is 40.4. The molecule has 290 valence electrons. The Kier molecular flexibility index (Phi) is 13.9. The summed E-state index contributed by atoms with van der Waals surface area (Å²) in [5.41, 5.74) is 1.60. The zero-order valence-electron chi connectivity index (χ0n) is 36.3. The van der Waals surface area contributed by atoms with Crippen LogP contribution >= 0.6 is 0 Å². The van der Waals surface area contributed by atoms with Crippen molar-refractivity contribution in [1.29, 1.82) is 0 Å². The van der Waals surface area contributed by atoms with Crippen LogP contribution in [-0.4, -0.2) is 45.8 Å². The van der Waals surface area contributed by atoms with Crippen molar-refractivity contribution in [1.82, 2.24) is 0 Å². The molecule has 6 nitrogen and oxygen atoms in total. The summed E-state index contributed by atoms with van der Waals surface area (Å²) in [6.07, 6.45) is 3.75. The lowest BCUT2D eigenvalue weighted by molar-refractivity contribution is -0.135. The summed E-state index contributed by atoms with van der Waals surface area (Å²) >= 11 is 0. The monoisotopic (exact) mass is 782 g/mol. The minimum absolute atomic E-state index is 0.000125. The number of rotatable bonds is 11. The Morgan fingerprint density at radius 2 is 0.923 bits per heavy atom. The maximum absolute atomic E-state index is 12.7. The number of carbonyl (C=O) groups excluding carboxylic acids is 1. The van der Waals surface area contributed by atoms with Crippen LogP contribution in [0.25, 0.3) is 6.08 Å². The molecule has 0 amide bonds. The molecule has 0 spiro atoms. The molecule has 0 saturated heterocycles. The molecule has 0 aliphatic carbocycles. The van der Waals surface area contributed by atoms with Gasteiger partial charge in [0.1, 0.15) is 29.6 Å². The van der Waals surface area contributed by atoms with E-state index in [1.807, 2.05) is 48.6 Å². The van der Waals surface area contributed by atoms with Crippen LogP contribution in [0.3, 0.4) is 0 Å². The SMILES string of the molecule is CC(C)(C)[Si](C)(C)Oc1ccc(C#CC(=O)OC/C=C/c2ccc(O[Si](C)(C)C(C)(C)C)c(O[Si](C)(C)C(C)(C)C)c2)cc1O[Si](C)(C)C(C)(C)C. The van der Waals surface area contributed by atoms with E-state index in [2.05, 4.69) is 147 Å². The van der Waals surface area contributed by atoms with Gasteiger partial charge in [0, 0.05) is 11.5 Å². The minimum atomic E-state index is -2.19. The summed E-state index contributed by atoms with van der Waals surface area (Å²) in [6.45, 7) is 44.6. The van der Waals surface area contributed by atoms with Crippen molar-refractivity contribution < 1.29 is 27.2 Å². The van der Waals surface area contributed by atoms with Crippen LogP contribution in [0.2, 0.25) is 72.5 Å². The zero-order valence-corrected chi connectivity index (χ0v) is 40.3. The Bertz CT molecular complexity index is 1650. The summed E-state index contributed by atoms with van der Waals surface area (Å²) in [4.78, 5) is 12.7. The molecule has 0 unspecified atom stereocenters. The van der Waals surface area contributed by atoms with Crippen LogP contribution in [0.1, 0.15) is 94.2 Å². The molecule has 0 heterocycles. The van der Waals surface area contributed by atoms with E-state index >= 15 is 0 Å². The minimum Gasteiger partial charge on any atom is -0.541 e. The van der Waals surface area contributed by atoms with Gasteiger partial charge in [0.15, 0.2) is 0 Å². The maximum Gasteiger partial charge on any atom is 0.385 e. The first-order valence-electron chi connectivity index (χ1n) is 18.6. The van der Waals surface area contributed by atoms with Crippen LogP contribution < -0.4 is 17.7 Å². The fourth-order valence-electron chi connectivity index (χ4n) is 3.72. The third-order valence-electron chi connectivity index (χ3n) is 11.5. The fraction of sp³-hybridized carbons (Fsp3) is 0.595. The molecule has 0 radical (unpaired) electrons. The van der Waals surface area contributed by atoms with Crippen LogP contribution in [0.4, 0.5) is 0 Å². The number of ether oxygens (including phenoxy) is 1. The summed E-state index contributed by atoms with van der Waals surface area (Å²) in [5.74, 6) is 7.99. The second-order valence-electron chi connectivity index (χ2n) is 20.1. The number of hydrogen-bond donors (Lipinski definition) is 0. The van der Waals surface area contributed by atoms with E-state index in [0.717, 1.165) is 22.8 Å². The van der Waals surface area contributed by atoms with Crippen LogP contribution in [0.5, 0.6) is 23.0 Å². The second kappa shape index (κ2) is 15.9. The van der Waals surface area contributed by atoms with Gasteiger partial charge in [0.25, 0.3) is 33.3 Å². The fourth-order valence-corrected chi connectivity index (χ4v) is 7.80. The van der Waals surface area contributed by atoms with Gasteiger partial charge in [-0.3, -0.25) is 0 Å². The highest BCUT2D eigenvalue weighted by Crippen LogP contribution is 2.45. The van der Waals surface area contributed by atoms with Crippen LogP contribution in [0, 0.1) is 11.8 Å². The standard InChI is InChI=1S/C42H70O6Si4/c1-39(2,3)49(13,14)45-34-26-23-32(30-36(34)47-51(17,18)41(7,8)9)22-21-29-44-38(43)28-25-33-24-27-35(46-50(15,16)40(4,5)6)37(31-33)48-52(19,20)42(10,11)12/h21-24,26-27,30-31H,29H2,1-20H3/b22-21+. The lowest BCUT2D eigenvalue weighted by atomic mass is 10.2. The van der Waals surface area contributed by atoms with E-state index in [1.54, 1.807) is 0 Å². The molecule has 2 aromatic rings. The van der Waals surface area contributed by atoms with Crippen molar-refractivity contribution >= 4 is 45.3 Å². The Morgan fingerprint density at radius 3 is 1.33 bits per heavy atom. The molecule has 0 bridgehead atoms. The second-order valence-corrected chi connectivity index (χ2v) is 39.0. The molecule has 0 saturated carbocycles. The third-order valence-corrected chi connectivity index (χ3v) is 28.9. The number of benzene rings is 2. The third kappa shape index (κ3) is 12.2. The topological polar surface area (TPSA) is 63.2 Å². The molecule has 0 N–H and O–H groups in total. The van der Waals surface area contributed by atoms with Gasteiger partial charge in [-0.05, 0) is 115 Å². The highest BCUT2D eigenvalue weighted by Gasteiger charge is 2.43. The first-order valence-corrected chi connectivity index (χ1v) is 30.2. The summed E-state index contributed by atoms with van der Waals surface area (Å²) < 4.78 is 32.5. The van der Waals surface area contributed by atoms with E-state index in [0.29, 0.717) is 11.3 Å². The molecule has 10 heteroatoms. The van der Waals surface area contributed by atoms with Crippen molar-refractivity contribution in [2.24, 2.45) is 0 Å².